The lowest BCUT2D eigenvalue weighted by Crippen LogP contribution is -2.14. The Bertz CT molecular complexity index is 365. The highest BCUT2D eigenvalue weighted by molar-refractivity contribution is 5.88. The fraction of sp³-hybridized carbons (Fsp3) is 0.273. The molecule has 0 aromatic carbocycles. The molecular formula is C11H12N2O2. The summed E-state index contributed by atoms with van der Waals surface area (Å²) >= 11 is 0. The van der Waals surface area contributed by atoms with Crippen LogP contribution in [0.3, 0.4) is 0 Å². The van der Waals surface area contributed by atoms with Crippen LogP contribution in [0.1, 0.15) is 16.1 Å². The summed E-state index contributed by atoms with van der Waals surface area (Å²) in [7, 11) is 1.34. The molecule has 0 spiro atoms. The number of methoxy groups -OCH3 is 1. The van der Waals surface area contributed by atoms with Gasteiger partial charge in [-0.15, -0.1) is 6.42 Å². The number of nitrogens with one attached hydrogen (secondary N) is 1. The van der Waals surface area contributed by atoms with E-state index in [0.717, 1.165) is 5.69 Å². The molecule has 15 heavy (non-hydrogen) atoms. The van der Waals surface area contributed by atoms with Crippen LogP contribution in [0, 0.1) is 12.3 Å². The van der Waals surface area contributed by atoms with Crippen molar-refractivity contribution in [1.82, 2.24) is 10.3 Å². The molecule has 1 rings (SSSR count). The fourth-order valence-electron chi connectivity index (χ4n) is 1.03. The molecule has 4 heteroatoms. The Balaban J connectivity index is 2.57. The number of esters is 1. The van der Waals surface area contributed by atoms with Gasteiger partial charge in [-0.2, -0.15) is 0 Å². The van der Waals surface area contributed by atoms with E-state index in [4.69, 9.17) is 6.42 Å². The molecule has 78 valence electrons. The van der Waals surface area contributed by atoms with Gasteiger partial charge in [-0.1, -0.05) is 5.92 Å². The zero-order chi connectivity index (χ0) is 11.1. The van der Waals surface area contributed by atoms with Crippen LogP contribution in [0.2, 0.25) is 0 Å². The van der Waals surface area contributed by atoms with Crippen LogP contribution < -0.4 is 5.32 Å². The van der Waals surface area contributed by atoms with Crippen molar-refractivity contribution in [3.05, 3.63) is 29.6 Å². The molecule has 0 unspecified atom stereocenters. The summed E-state index contributed by atoms with van der Waals surface area (Å²) in [5.74, 6) is 2.08. The third-order valence-corrected chi connectivity index (χ3v) is 1.78. The zero-order valence-corrected chi connectivity index (χ0v) is 8.49. The van der Waals surface area contributed by atoms with Gasteiger partial charge >= 0.3 is 5.97 Å². The predicted molar refractivity (Wildman–Crippen MR) is 56.1 cm³/mol. The van der Waals surface area contributed by atoms with Gasteiger partial charge in [0.25, 0.3) is 0 Å². The van der Waals surface area contributed by atoms with Crippen LogP contribution in [0.5, 0.6) is 0 Å². The number of pyridine rings is 1. The van der Waals surface area contributed by atoms with Crippen molar-refractivity contribution < 1.29 is 9.53 Å². The molecular weight excluding hydrogens is 192 g/mol. The Morgan fingerprint density at radius 2 is 2.47 bits per heavy atom. The normalized spacial score (nSPS) is 9.33. The summed E-state index contributed by atoms with van der Waals surface area (Å²) < 4.78 is 4.55. The van der Waals surface area contributed by atoms with Crippen LogP contribution >= 0.6 is 0 Å². The third-order valence-electron chi connectivity index (χ3n) is 1.78. The Hall–Kier alpha value is -1.86. The molecule has 1 aromatic rings. The molecule has 0 aliphatic rings. The molecule has 0 atom stereocenters. The van der Waals surface area contributed by atoms with Gasteiger partial charge in [0, 0.05) is 12.7 Å². The summed E-state index contributed by atoms with van der Waals surface area (Å²) in [6.07, 6.45) is 6.57. The van der Waals surface area contributed by atoms with E-state index in [0.29, 0.717) is 18.7 Å². The molecule has 0 bridgehead atoms. The molecule has 0 fully saturated rings. The number of nitrogens with zero attached hydrogens (tertiary/aromatic N) is 1. The van der Waals surface area contributed by atoms with Crippen molar-refractivity contribution >= 4 is 5.97 Å². The molecule has 0 aliphatic heterocycles. The van der Waals surface area contributed by atoms with Crippen LogP contribution in [0.15, 0.2) is 18.3 Å². The van der Waals surface area contributed by atoms with E-state index in [-0.39, 0.29) is 5.97 Å². The van der Waals surface area contributed by atoms with Crippen molar-refractivity contribution in [1.29, 1.82) is 0 Å². The first-order valence-corrected chi connectivity index (χ1v) is 4.45. The van der Waals surface area contributed by atoms with Gasteiger partial charge in [0.05, 0.1) is 24.9 Å². The van der Waals surface area contributed by atoms with Crippen molar-refractivity contribution in [3.63, 3.8) is 0 Å². The lowest BCUT2D eigenvalue weighted by Gasteiger charge is -2.02. The number of rotatable bonds is 4. The van der Waals surface area contributed by atoms with E-state index in [2.05, 4.69) is 21.0 Å². The Labute approximate surface area is 88.7 Å². The van der Waals surface area contributed by atoms with Gasteiger partial charge in [-0.25, -0.2) is 4.79 Å². The minimum Gasteiger partial charge on any atom is -0.465 e. The van der Waals surface area contributed by atoms with E-state index in [1.165, 1.54) is 13.3 Å². The van der Waals surface area contributed by atoms with E-state index in [1.807, 2.05) is 0 Å². The van der Waals surface area contributed by atoms with Gasteiger partial charge < -0.3 is 10.1 Å². The molecule has 0 aliphatic carbocycles. The lowest BCUT2D eigenvalue weighted by atomic mass is 10.2. The molecule has 0 saturated carbocycles. The fourth-order valence-corrected chi connectivity index (χ4v) is 1.03. The van der Waals surface area contributed by atoms with E-state index < -0.39 is 0 Å². The number of carbonyl (C=O) groups excluding carboxylic acids is 1. The highest BCUT2D eigenvalue weighted by Gasteiger charge is 2.04. The molecule has 4 nitrogen and oxygen atoms in total. The van der Waals surface area contributed by atoms with Gasteiger partial charge in [-0.05, 0) is 12.1 Å². The first-order valence-electron chi connectivity index (χ1n) is 4.45. The quantitative estimate of drug-likeness (QED) is 0.443. The standard InChI is InChI=1S/C11H12N2O2/c1-3-6-12-8-10-5-4-9(7-13-10)11(14)15-2/h1,4-5,7,12H,6,8H2,2H3. The van der Waals surface area contributed by atoms with Gasteiger partial charge in [0.15, 0.2) is 0 Å². The van der Waals surface area contributed by atoms with Crippen molar-refractivity contribution in [2.45, 2.75) is 6.54 Å². The van der Waals surface area contributed by atoms with Crippen molar-refractivity contribution in [2.24, 2.45) is 0 Å². The number of hydrogen-bond acceptors (Lipinski definition) is 4. The highest BCUT2D eigenvalue weighted by atomic mass is 16.5. The van der Waals surface area contributed by atoms with Crippen LogP contribution in [0.25, 0.3) is 0 Å². The lowest BCUT2D eigenvalue weighted by molar-refractivity contribution is 0.0600. The smallest absolute Gasteiger partial charge is 0.339 e. The summed E-state index contributed by atoms with van der Waals surface area (Å²) in [5.41, 5.74) is 1.27. The monoisotopic (exact) mass is 204 g/mol. The topological polar surface area (TPSA) is 51.2 Å². The Morgan fingerprint density at radius 3 is 3.00 bits per heavy atom. The summed E-state index contributed by atoms with van der Waals surface area (Å²) in [6.45, 7) is 1.09. The predicted octanol–water partition coefficient (Wildman–Crippen LogP) is 0.591. The number of hydrogen-bond donors (Lipinski definition) is 1. The summed E-state index contributed by atoms with van der Waals surface area (Å²) in [6, 6.07) is 3.43. The molecule has 0 radical (unpaired) electrons. The minimum absolute atomic E-state index is 0.384. The summed E-state index contributed by atoms with van der Waals surface area (Å²) in [4.78, 5) is 15.2. The van der Waals surface area contributed by atoms with Crippen molar-refractivity contribution in [3.8, 4) is 12.3 Å². The highest BCUT2D eigenvalue weighted by Crippen LogP contribution is 2.01. The second-order valence-electron chi connectivity index (χ2n) is 2.84. The molecule has 0 amide bonds. The maximum atomic E-state index is 11.1. The largest absolute Gasteiger partial charge is 0.465 e. The first kappa shape index (κ1) is 11.2. The molecule has 1 aromatic heterocycles. The maximum absolute atomic E-state index is 11.1. The zero-order valence-electron chi connectivity index (χ0n) is 8.49. The van der Waals surface area contributed by atoms with Gasteiger partial charge in [0.1, 0.15) is 0 Å². The Morgan fingerprint density at radius 1 is 1.67 bits per heavy atom. The second kappa shape index (κ2) is 5.78. The third kappa shape index (κ3) is 3.41. The SMILES string of the molecule is C#CCNCc1ccc(C(=O)OC)cn1. The number of carbonyl (C=O) groups is 1. The molecule has 1 N–H and O–H groups in total. The van der Waals surface area contributed by atoms with E-state index in [1.54, 1.807) is 12.1 Å². The minimum atomic E-state index is -0.384. The first-order chi connectivity index (χ1) is 7.27. The van der Waals surface area contributed by atoms with E-state index in [9.17, 15) is 4.79 Å². The van der Waals surface area contributed by atoms with Gasteiger partial charge in [0.2, 0.25) is 0 Å². The van der Waals surface area contributed by atoms with Crippen LogP contribution in [0.4, 0.5) is 0 Å². The number of terminal acetylenes is 1. The Kier molecular flexibility index (Phi) is 4.32. The summed E-state index contributed by atoms with van der Waals surface area (Å²) in [5, 5.41) is 3.00. The van der Waals surface area contributed by atoms with E-state index >= 15 is 0 Å². The average molecular weight is 204 g/mol. The number of aromatic nitrogens is 1. The van der Waals surface area contributed by atoms with Crippen molar-refractivity contribution in [2.75, 3.05) is 13.7 Å². The number of ether oxygens (including phenoxy) is 1. The molecule has 0 saturated heterocycles. The average Bonchev–Trinajstić information content (AvgIpc) is 2.29. The van der Waals surface area contributed by atoms with Crippen LogP contribution in [-0.4, -0.2) is 24.6 Å². The van der Waals surface area contributed by atoms with Crippen LogP contribution in [-0.2, 0) is 11.3 Å². The van der Waals surface area contributed by atoms with Gasteiger partial charge in [-0.3, -0.25) is 4.98 Å². The second-order valence-corrected chi connectivity index (χ2v) is 2.84. The molecule has 1 heterocycles. The maximum Gasteiger partial charge on any atom is 0.339 e.